The quantitative estimate of drug-likeness (QED) is 0.880. The molecule has 1 amide bonds. The first-order valence-electron chi connectivity index (χ1n) is 7.68. The van der Waals surface area contributed by atoms with Crippen LogP contribution in [-0.2, 0) is 17.8 Å². The number of nitrogens with one attached hydrogen (secondary N) is 1. The molecule has 0 aliphatic carbocycles. The molecule has 1 heterocycles. The lowest BCUT2D eigenvalue weighted by molar-refractivity contribution is -0.122. The van der Waals surface area contributed by atoms with Gasteiger partial charge < -0.3 is 20.5 Å². The fourth-order valence-corrected chi connectivity index (χ4v) is 2.48. The topological polar surface area (TPSA) is 73.6 Å². The molecule has 0 bridgehead atoms. The lowest BCUT2D eigenvalue weighted by Crippen LogP contribution is -2.41. The Morgan fingerprint density at radius 3 is 2.57 bits per heavy atom. The molecule has 1 atom stereocenters. The first-order valence-corrected chi connectivity index (χ1v) is 7.68. The van der Waals surface area contributed by atoms with E-state index in [1.807, 2.05) is 48.5 Å². The average Bonchev–Trinajstić information content (AvgIpc) is 2.60. The molecule has 5 heteroatoms. The highest BCUT2D eigenvalue weighted by atomic mass is 16.6. The zero-order valence-electron chi connectivity index (χ0n) is 12.8. The van der Waals surface area contributed by atoms with Crippen LogP contribution in [0.25, 0.3) is 0 Å². The largest absolute Gasteiger partial charge is 0.486 e. The molecule has 5 nitrogen and oxygen atoms in total. The van der Waals surface area contributed by atoms with Gasteiger partial charge in [-0.1, -0.05) is 36.4 Å². The SMILES string of the molecule is N[C@@H](Cc1ccccc1)C(=O)NCc1ccc2c(c1)OCCO2. The number of amides is 1. The molecule has 1 aliphatic rings. The Morgan fingerprint density at radius 2 is 1.78 bits per heavy atom. The Kier molecular flexibility index (Phi) is 4.78. The minimum absolute atomic E-state index is 0.163. The van der Waals surface area contributed by atoms with Crippen LogP contribution < -0.4 is 20.5 Å². The second-order valence-corrected chi connectivity index (χ2v) is 5.49. The molecular formula is C18H20N2O3. The fraction of sp³-hybridized carbons (Fsp3) is 0.278. The summed E-state index contributed by atoms with van der Waals surface area (Å²) < 4.78 is 11.0. The second-order valence-electron chi connectivity index (χ2n) is 5.49. The molecule has 0 radical (unpaired) electrons. The lowest BCUT2D eigenvalue weighted by atomic mass is 10.1. The Hall–Kier alpha value is -2.53. The van der Waals surface area contributed by atoms with Gasteiger partial charge in [0.05, 0.1) is 6.04 Å². The van der Waals surface area contributed by atoms with Crippen LogP contribution >= 0.6 is 0 Å². The highest BCUT2D eigenvalue weighted by Gasteiger charge is 2.15. The summed E-state index contributed by atoms with van der Waals surface area (Å²) in [6, 6.07) is 14.9. The summed E-state index contributed by atoms with van der Waals surface area (Å²) in [6.45, 7) is 1.53. The average molecular weight is 312 g/mol. The van der Waals surface area contributed by atoms with Crippen LogP contribution in [0.15, 0.2) is 48.5 Å². The molecule has 0 unspecified atom stereocenters. The number of ether oxygens (including phenoxy) is 2. The number of hydrogen-bond donors (Lipinski definition) is 2. The molecule has 0 spiro atoms. The van der Waals surface area contributed by atoms with Crippen LogP contribution in [0.4, 0.5) is 0 Å². The summed E-state index contributed by atoms with van der Waals surface area (Å²) in [7, 11) is 0. The zero-order chi connectivity index (χ0) is 16.1. The lowest BCUT2D eigenvalue weighted by Gasteiger charge is -2.19. The van der Waals surface area contributed by atoms with Crippen molar-refractivity contribution in [2.75, 3.05) is 13.2 Å². The van der Waals surface area contributed by atoms with Gasteiger partial charge in [0, 0.05) is 6.54 Å². The van der Waals surface area contributed by atoms with Crippen molar-refractivity contribution in [1.29, 1.82) is 0 Å². The molecule has 0 saturated carbocycles. The molecule has 120 valence electrons. The van der Waals surface area contributed by atoms with Gasteiger partial charge in [0.1, 0.15) is 13.2 Å². The summed E-state index contributed by atoms with van der Waals surface area (Å²) >= 11 is 0. The second kappa shape index (κ2) is 7.15. The highest BCUT2D eigenvalue weighted by Crippen LogP contribution is 2.30. The third-order valence-electron chi connectivity index (χ3n) is 3.71. The van der Waals surface area contributed by atoms with Gasteiger partial charge in [0.15, 0.2) is 11.5 Å². The van der Waals surface area contributed by atoms with Crippen molar-refractivity contribution in [3.05, 3.63) is 59.7 Å². The third-order valence-corrected chi connectivity index (χ3v) is 3.71. The minimum Gasteiger partial charge on any atom is -0.486 e. The number of benzene rings is 2. The number of fused-ring (bicyclic) bond motifs is 1. The van der Waals surface area contributed by atoms with E-state index in [9.17, 15) is 4.79 Å². The number of carbonyl (C=O) groups excluding carboxylic acids is 1. The summed E-state index contributed by atoms with van der Waals surface area (Å²) in [6.07, 6.45) is 0.522. The molecule has 3 rings (SSSR count). The van der Waals surface area contributed by atoms with Crippen molar-refractivity contribution >= 4 is 5.91 Å². The van der Waals surface area contributed by atoms with E-state index in [0.717, 1.165) is 22.6 Å². The van der Waals surface area contributed by atoms with Crippen LogP contribution in [0.5, 0.6) is 11.5 Å². The Morgan fingerprint density at radius 1 is 1.04 bits per heavy atom. The van der Waals surface area contributed by atoms with Crippen molar-refractivity contribution < 1.29 is 14.3 Å². The van der Waals surface area contributed by atoms with E-state index < -0.39 is 6.04 Å². The van der Waals surface area contributed by atoms with Crippen LogP contribution in [0, 0.1) is 0 Å². The molecule has 1 aliphatic heterocycles. The minimum atomic E-state index is -0.561. The highest BCUT2D eigenvalue weighted by molar-refractivity contribution is 5.81. The molecule has 2 aromatic rings. The zero-order valence-corrected chi connectivity index (χ0v) is 12.8. The maximum absolute atomic E-state index is 12.1. The molecule has 0 saturated heterocycles. The number of rotatable bonds is 5. The number of nitrogens with two attached hydrogens (primary N) is 1. The molecular weight excluding hydrogens is 292 g/mol. The van der Waals surface area contributed by atoms with Gasteiger partial charge in [0.2, 0.25) is 5.91 Å². The number of carbonyl (C=O) groups is 1. The standard InChI is InChI=1S/C18H20N2O3/c19-15(10-13-4-2-1-3-5-13)18(21)20-12-14-6-7-16-17(11-14)23-9-8-22-16/h1-7,11,15H,8-10,12,19H2,(H,20,21)/t15-/m0/s1. The maximum atomic E-state index is 12.1. The molecule has 2 aromatic carbocycles. The van der Waals surface area contributed by atoms with Crippen LogP contribution in [0.1, 0.15) is 11.1 Å². The van der Waals surface area contributed by atoms with Crippen molar-refractivity contribution in [3.8, 4) is 11.5 Å². The van der Waals surface area contributed by atoms with Crippen molar-refractivity contribution in [2.24, 2.45) is 5.73 Å². The van der Waals surface area contributed by atoms with Crippen LogP contribution in [0.3, 0.4) is 0 Å². The van der Waals surface area contributed by atoms with Gasteiger partial charge in [-0.2, -0.15) is 0 Å². The predicted octanol–water partition coefficient (Wildman–Crippen LogP) is 1.64. The Labute approximate surface area is 135 Å². The van der Waals surface area contributed by atoms with E-state index in [1.165, 1.54) is 0 Å². The van der Waals surface area contributed by atoms with Gasteiger partial charge in [-0.05, 0) is 29.7 Å². The Balaban J connectivity index is 1.54. The van der Waals surface area contributed by atoms with Crippen molar-refractivity contribution in [1.82, 2.24) is 5.32 Å². The Bertz CT molecular complexity index is 673. The normalized spacial score (nSPS) is 14.1. The first kappa shape index (κ1) is 15.4. The van der Waals surface area contributed by atoms with E-state index in [4.69, 9.17) is 15.2 Å². The van der Waals surface area contributed by atoms with Gasteiger partial charge in [-0.25, -0.2) is 0 Å². The molecule has 0 fully saturated rings. The predicted molar refractivity (Wildman–Crippen MR) is 87.4 cm³/mol. The van der Waals surface area contributed by atoms with Crippen LogP contribution in [0.2, 0.25) is 0 Å². The molecule has 3 N–H and O–H groups in total. The van der Waals surface area contributed by atoms with Gasteiger partial charge >= 0.3 is 0 Å². The molecule has 23 heavy (non-hydrogen) atoms. The van der Waals surface area contributed by atoms with E-state index in [0.29, 0.717) is 26.2 Å². The smallest absolute Gasteiger partial charge is 0.237 e. The summed E-state index contributed by atoms with van der Waals surface area (Å²) in [5.74, 6) is 1.30. The summed E-state index contributed by atoms with van der Waals surface area (Å²) in [5.41, 5.74) is 7.97. The maximum Gasteiger partial charge on any atom is 0.237 e. The van der Waals surface area contributed by atoms with Crippen LogP contribution in [-0.4, -0.2) is 25.2 Å². The molecule has 0 aromatic heterocycles. The first-order chi connectivity index (χ1) is 11.2. The van der Waals surface area contributed by atoms with Gasteiger partial charge in [0.25, 0.3) is 0 Å². The van der Waals surface area contributed by atoms with Crippen molar-refractivity contribution in [2.45, 2.75) is 19.0 Å². The fourth-order valence-electron chi connectivity index (χ4n) is 2.48. The summed E-state index contributed by atoms with van der Waals surface area (Å²) in [5, 5.41) is 2.87. The van der Waals surface area contributed by atoms with Gasteiger partial charge in [-0.15, -0.1) is 0 Å². The summed E-state index contributed by atoms with van der Waals surface area (Å²) in [4.78, 5) is 12.1. The van der Waals surface area contributed by atoms with E-state index >= 15 is 0 Å². The monoisotopic (exact) mass is 312 g/mol. The van der Waals surface area contributed by atoms with E-state index in [-0.39, 0.29) is 5.91 Å². The third kappa shape index (κ3) is 4.02. The number of hydrogen-bond acceptors (Lipinski definition) is 4. The van der Waals surface area contributed by atoms with Crippen molar-refractivity contribution in [3.63, 3.8) is 0 Å². The van der Waals surface area contributed by atoms with Gasteiger partial charge in [-0.3, -0.25) is 4.79 Å². The van der Waals surface area contributed by atoms with E-state index in [2.05, 4.69) is 5.32 Å². The van der Waals surface area contributed by atoms with E-state index in [1.54, 1.807) is 0 Å².